The molecule has 0 fully saturated rings. The van der Waals surface area contributed by atoms with E-state index >= 15 is 0 Å². The quantitative estimate of drug-likeness (QED) is 0.192. The number of benzene rings is 6. The average Bonchev–Trinajstić information content (AvgIpc) is 3.85. The first kappa shape index (κ1) is 33.3. The molecule has 6 aromatic carbocycles. The Kier molecular flexibility index (Phi) is 9.33. The van der Waals surface area contributed by atoms with E-state index in [9.17, 15) is 14.4 Å². The molecule has 0 amide bonds. The maximum atomic E-state index is 11.6. The summed E-state index contributed by atoms with van der Waals surface area (Å²) in [5.41, 5.74) is 11.4. The molecule has 1 aliphatic rings. The number of nitrogens with one attached hydrogen (secondary N) is 2. The molecule has 2 N–H and O–H groups in total. The van der Waals surface area contributed by atoms with Crippen LogP contribution < -0.4 is 15.9 Å². The number of hydrogen-bond donors (Lipinski definition) is 2. The molecule has 8 heteroatoms. The van der Waals surface area contributed by atoms with Gasteiger partial charge in [0.2, 0.25) is 5.78 Å². The molecule has 0 atom stereocenters. The van der Waals surface area contributed by atoms with E-state index in [1.807, 2.05) is 42.5 Å². The third-order valence-corrected chi connectivity index (χ3v) is 9.61. The zero-order valence-corrected chi connectivity index (χ0v) is 29.1. The second-order valence-corrected chi connectivity index (χ2v) is 13.4. The van der Waals surface area contributed by atoms with Crippen LogP contribution >= 0.6 is 11.5 Å². The number of aromatic amines is 2. The van der Waals surface area contributed by atoms with Gasteiger partial charge in [-0.15, -0.1) is 0 Å². The number of rotatable bonds is 3. The maximum Gasteiger partial charge on any atom is 0.287 e. The minimum absolute atomic E-state index is 0.000961. The second-order valence-electron chi connectivity index (χ2n) is 12.5. The maximum absolute atomic E-state index is 11.6. The summed E-state index contributed by atoms with van der Waals surface area (Å²) in [5.74, 6) is 0.764. The SMILES string of the molecule is Cc1ccc(-c2ccc3c(=O)[nH]oc3c2)cc1.Cc1ccc(-c2ccc3c(c2)C(=O)CO3)cc1.Cc1ccc(-c2ccc3s[nH]c(=O)c3c2)cc1. The number of Topliss-reactive ketones (excluding diaryl/α,β-unsaturated/α-hetero) is 1. The largest absolute Gasteiger partial charge is 0.485 e. The van der Waals surface area contributed by atoms with E-state index in [4.69, 9.17) is 9.26 Å². The zero-order chi connectivity index (χ0) is 35.5. The van der Waals surface area contributed by atoms with E-state index in [0.29, 0.717) is 22.3 Å². The Morgan fingerprint density at radius 2 is 1.04 bits per heavy atom. The molecule has 0 saturated carbocycles. The number of carbonyl (C=O) groups excluding carboxylic acids is 1. The van der Waals surface area contributed by atoms with Crippen molar-refractivity contribution >= 4 is 38.4 Å². The van der Waals surface area contributed by atoms with Crippen LogP contribution in [-0.2, 0) is 0 Å². The van der Waals surface area contributed by atoms with Crippen molar-refractivity contribution in [1.82, 2.24) is 9.53 Å². The number of H-pyrrole nitrogens is 2. The van der Waals surface area contributed by atoms with Gasteiger partial charge in [-0.3, -0.25) is 18.8 Å². The average molecular weight is 691 g/mol. The van der Waals surface area contributed by atoms with Crippen molar-refractivity contribution in [3.63, 3.8) is 0 Å². The standard InChI is InChI=1S/C15H12O2.C14H11NO2.C14H11NOS/c1-10-2-4-11(5-3-10)12-6-7-15-13(8-12)14(16)9-17-15;1-9-2-4-10(5-3-9)11-6-7-12-13(8-11)17-15-14(12)16;1-9-2-4-10(5-3-9)11-6-7-13-12(8-11)14(16)15-17-13/h2-8H,9H2,1H3;2*2-8H,1H3,(H,15,16). The van der Waals surface area contributed by atoms with Crippen LogP contribution in [0.5, 0.6) is 5.75 Å². The van der Waals surface area contributed by atoms with E-state index in [0.717, 1.165) is 43.5 Å². The molecule has 0 aliphatic carbocycles. The van der Waals surface area contributed by atoms with Crippen LogP contribution in [0.1, 0.15) is 27.0 Å². The molecule has 0 unspecified atom stereocenters. The van der Waals surface area contributed by atoms with Gasteiger partial charge in [0.05, 0.1) is 21.0 Å². The van der Waals surface area contributed by atoms with Crippen LogP contribution in [0.4, 0.5) is 0 Å². The van der Waals surface area contributed by atoms with E-state index in [-0.39, 0.29) is 23.5 Å². The summed E-state index contributed by atoms with van der Waals surface area (Å²) in [5, 5.41) is 3.69. The molecular formula is C43H34N2O5S. The molecule has 1 aliphatic heterocycles. The number of aromatic nitrogens is 2. The van der Waals surface area contributed by atoms with Crippen molar-refractivity contribution in [3.05, 3.63) is 170 Å². The predicted octanol–water partition coefficient (Wildman–Crippen LogP) is 9.90. The van der Waals surface area contributed by atoms with Crippen molar-refractivity contribution in [2.45, 2.75) is 20.8 Å². The van der Waals surface area contributed by atoms with Gasteiger partial charge in [0, 0.05) is 0 Å². The van der Waals surface area contributed by atoms with Crippen LogP contribution in [-0.4, -0.2) is 21.9 Å². The molecule has 3 heterocycles. The van der Waals surface area contributed by atoms with E-state index < -0.39 is 0 Å². The first-order valence-electron chi connectivity index (χ1n) is 16.5. The van der Waals surface area contributed by atoms with Crippen LogP contribution in [0.3, 0.4) is 0 Å². The van der Waals surface area contributed by atoms with Gasteiger partial charge in [-0.2, -0.15) is 5.16 Å². The normalized spacial score (nSPS) is 11.7. The predicted molar refractivity (Wildman–Crippen MR) is 206 cm³/mol. The molecular weight excluding hydrogens is 657 g/mol. The number of fused-ring (bicyclic) bond motifs is 3. The van der Waals surface area contributed by atoms with Gasteiger partial charge in [0.15, 0.2) is 12.2 Å². The van der Waals surface area contributed by atoms with E-state index in [1.54, 1.807) is 6.07 Å². The van der Waals surface area contributed by atoms with Gasteiger partial charge in [-0.05, 0) is 90.6 Å². The van der Waals surface area contributed by atoms with Gasteiger partial charge < -0.3 is 9.26 Å². The Morgan fingerprint density at radius 3 is 1.65 bits per heavy atom. The van der Waals surface area contributed by atoms with Crippen LogP contribution in [0, 0.1) is 20.8 Å². The van der Waals surface area contributed by atoms with Crippen LogP contribution in [0.2, 0.25) is 0 Å². The van der Waals surface area contributed by atoms with Crippen molar-refractivity contribution in [3.8, 4) is 39.1 Å². The van der Waals surface area contributed by atoms with Gasteiger partial charge >= 0.3 is 0 Å². The van der Waals surface area contributed by atoms with Gasteiger partial charge in [-0.1, -0.05) is 119 Å². The minimum Gasteiger partial charge on any atom is -0.485 e. The number of hydrogen-bond acceptors (Lipinski definition) is 6. The van der Waals surface area contributed by atoms with Crippen LogP contribution in [0.25, 0.3) is 54.4 Å². The Balaban J connectivity index is 0.000000119. The number of ketones is 1. The molecule has 7 nitrogen and oxygen atoms in total. The molecule has 51 heavy (non-hydrogen) atoms. The van der Waals surface area contributed by atoms with Crippen molar-refractivity contribution in [2.75, 3.05) is 6.61 Å². The molecule has 2 aromatic heterocycles. The monoisotopic (exact) mass is 690 g/mol. The minimum atomic E-state index is -0.185. The lowest BCUT2D eigenvalue weighted by atomic mass is 10.0. The zero-order valence-electron chi connectivity index (χ0n) is 28.3. The summed E-state index contributed by atoms with van der Waals surface area (Å²) in [4.78, 5) is 34.5. The van der Waals surface area contributed by atoms with Gasteiger partial charge in [0.1, 0.15) is 5.75 Å². The Labute approximate surface area is 297 Å². The van der Waals surface area contributed by atoms with Gasteiger partial charge in [-0.25, -0.2) is 0 Å². The summed E-state index contributed by atoms with van der Waals surface area (Å²) < 4.78 is 14.1. The van der Waals surface area contributed by atoms with Crippen LogP contribution in [0.15, 0.2) is 142 Å². The highest BCUT2D eigenvalue weighted by Crippen LogP contribution is 2.31. The Hall–Kier alpha value is -6.25. The summed E-state index contributed by atoms with van der Waals surface area (Å²) in [6.45, 7) is 6.35. The summed E-state index contributed by atoms with van der Waals surface area (Å²) in [6, 6.07) is 42.2. The first-order valence-corrected chi connectivity index (χ1v) is 17.3. The lowest BCUT2D eigenvalue weighted by molar-refractivity contribution is 0.0961. The molecule has 9 rings (SSSR count). The van der Waals surface area contributed by atoms with Crippen molar-refractivity contribution < 1.29 is 14.1 Å². The molecule has 0 bridgehead atoms. The molecule has 0 saturated heterocycles. The Bertz CT molecular complexity index is 2610. The Morgan fingerprint density at radius 1 is 0.529 bits per heavy atom. The third-order valence-electron chi connectivity index (χ3n) is 8.75. The highest BCUT2D eigenvalue weighted by molar-refractivity contribution is 7.13. The van der Waals surface area contributed by atoms with Gasteiger partial charge in [0.25, 0.3) is 11.1 Å². The van der Waals surface area contributed by atoms with E-state index in [1.165, 1.54) is 28.2 Å². The highest BCUT2D eigenvalue weighted by atomic mass is 32.1. The number of ether oxygens (including phenoxy) is 1. The summed E-state index contributed by atoms with van der Waals surface area (Å²) in [7, 11) is 0. The summed E-state index contributed by atoms with van der Waals surface area (Å²) in [6.07, 6.45) is 0. The lowest BCUT2D eigenvalue weighted by Crippen LogP contribution is -1.98. The third kappa shape index (κ3) is 7.37. The van der Waals surface area contributed by atoms with E-state index in [2.05, 4.69) is 109 Å². The second kappa shape index (κ2) is 14.3. The lowest BCUT2D eigenvalue weighted by Gasteiger charge is -2.04. The number of aryl methyl sites for hydroxylation is 3. The van der Waals surface area contributed by atoms with Crippen molar-refractivity contribution in [2.24, 2.45) is 0 Å². The van der Waals surface area contributed by atoms with Crippen molar-refractivity contribution in [1.29, 1.82) is 0 Å². The fourth-order valence-corrected chi connectivity index (χ4v) is 6.49. The first-order chi connectivity index (χ1) is 24.7. The smallest absolute Gasteiger partial charge is 0.287 e. The summed E-state index contributed by atoms with van der Waals surface area (Å²) >= 11 is 1.38. The molecule has 252 valence electrons. The number of carbonyl (C=O) groups is 1. The molecule has 8 aromatic rings. The molecule has 0 spiro atoms. The molecule has 0 radical (unpaired) electrons. The fourth-order valence-electron chi connectivity index (χ4n) is 5.77. The highest BCUT2D eigenvalue weighted by Gasteiger charge is 2.21. The fraction of sp³-hybridized carbons (Fsp3) is 0.0930. The topological polar surface area (TPSA) is 105 Å².